The van der Waals surface area contributed by atoms with Crippen molar-refractivity contribution in [2.45, 2.75) is 88.5 Å². The van der Waals surface area contributed by atoms with Crippen LogP contribution in [0.5, 0.6) is 0 Å². The van der Waals surface area contributed by atoms with E-state index in [1.165, 1.54) is 74.8 Å². The molecule has 4 aromatic carbocycles. The number of nitrogens with zero attached hydrogens (tertiary/aromatic N) is 1. The van der Waals surface area contributed by atoms with Crippen molar-refractivity contribution in [3.05, 3.63) is 109 Å². The average Bonchev–Trinajstić information content (AvgIpc) is 3.74. The molecule has 0 aromatic heterocycles. The summed E-state index contributed by atoms with van der Waals surface area (Å²) < 4.78 is 0. The van der Waals surface area contributed by atoms with E-state index in [2.05, 4.69) is 98.7 Å². The third-order valence-electron chi connectivity index (χ3n) is 9.18. The number of hydrogen-bond donors (Lipinski definition) is 0. The van der Waals surface area contributed by atoms with Crippen molar-refractivity contribution in [3.63, 3.8) is 0 Å². The van der Waals surface area contributed by atoms with E-state index in [-0.39, 0.29) is 25.0 Å². The molecule has 4 heteroatoms. The van der Waals surface area contributed by atoms with Crippen molar-refractivity contribution in [1.82, 2.24) is 4.90 Å². The minimum atomic E-state index is -0.567. The quantitative estimate of drug-likeness (QED) is 0.106. The summed E-state index contributed by atoms with van der Waals surface area (Å²) in [6, 6.07) is 38.4. The molecular formula is C38H49FeNP2-6. The smallest absolute Gasteiger partial charge is 0 e. The first kappa shape index (κ1) is 33.4. The van der Waals surface area contributed by atoms with Gasteiger partial charge in [0.1, 0.15) is 0 Å². The molecule has 0 spiro atoms. The van der Waals surface area contributed by atoms with Gasteiger partial charge in [-0.1, -0.05) is 122 Å². The molecule has 0 N–H and O–H groups in total. The van der Waals surface area contributed by atoms with Crippen LogP contribution in [-0.4, -0.2) is 30.3 Å². The second-order valence-corrected chi connectivity index (χ2v) is 17.0. The van der Waals surface area contributed by atoms with Crippen LogP contribution in [0.4, 0.5) is 0 Å². The van der Waals surface area contributed by atoms with Crippen molar-refractivity contribution in [3.8, 4) is 0 Å². The molecule has 1 atom stereocenters. The molecule has 0 bridgehead atoms. The molecule has 0 saturated heterocycles. The number of benzene rings is 2. The Morgan fingerprint density at radius 3 is 1.50 bits per heavy atom. The molecular weight excluding hydrogens is 588 g/mol. The minimum Gasteiger partial charge on any atom is -0.748 e. The van der Waals surface area contributed by atoms with E-state index in [1.54, 1.807) is 10.9 Å². The van der Waals surface area contributed by atoms with Gasteiger partial charge in [-0.05, 0) is 67.7 Å². The van der Waals surface area contributed by atoms with Crippen LogP contribution in [0.25, 0.3) is 0 Å². The Labute approximate surface area is 269 Å². The Morgan fingerprint density at radius 1 is 0.667 bits per heavy atom. The van der Waals surface area contributed by atoms with Crippen LogP contribution in [-0.2, 0) is 17.1 Å². The third kappa shape index (κ3) is 8.35. The van der Waals surface area contributed by atoms with Gasteiger partial charge in [0.05, 0.1) is 0 Å². The van der Waals surface area contributed by atoms with Gasteiger partial charge in [0, 0.05) is 17.1 Å². The molecule has 4 aromatic rings. The summed E-state index contributed by atoms with van der Waals surface area (Å²) in [5.41, 5.74) is 3.46. The maximum atomic E-state index is 2.57. The molecule has 42 heavy (non-hydrogen) atoms. The average molecular weight is 638 g/mol. The van der Waals surface area contributed by atoms with Gasteiger partial charge in [0.15, 0.2) is 0 Å². The van der Waals surface area contributed by atoms with Crippen LogP contribution in [0.15, 0.2) is 103 Å². The number of rotatable bonds is 8. The van der Waals surface area contributed by atoms with Gasteiger partial charge in [-0.3, -0.25) is 0 Å². The zero-order chi connectivity index (χ0) is 28.4. The van der Waals surface area contributed by atoms with Gasteiger partial charge in [0.25, 0.3) is 0 Å². The summed E-state index contributed by atoms with van der Waals surface area (Å²) in [6.07, 6.45) is 14.5. The van der Waals surface area contributed by atoms with Crippen molar-refractivity contribution in [1.29, 1.82) is 0 Å². The maximum absolute atomic E-state index is 2.57. The van der Waals surface area contributed by atoms with Crippen LogP contribution in [0, 0.1) is 0 Å². The van der Waals surface area contributed by atoms with Gasteiger partial charge < -0.3 is 35.2 Å². The zero-order valence-electron chi connectivity index (χ0n) is 25.8. The van der Waals surface area contributed by atoms with E-state index in [1.807, 2.05) is 35.6 Å². The number of hydrogen-bond acceptors (Lipinski definition) is 1. The Hall–Kier alpha value is -1.52. The van der Waals surface area contributed by atoms with Crippen LogP contribution in [0.2, 0.25) is 0 Å². The van der Waals surface area contributed by atoms with E-state index in [9.17, 15) is 0 Å². The monoisotopic (exact) mass is 637 g/mol. The molecule has 1 nitrogen and oxygen atoms in total. The van der Waals surface area contributed by atoms with Crippen LogP contribution in [0.3, 0.4) is 0 Å². The van der Waals surface area contributed by atoms with E-state index in [0.717, 1.165) is 11.3 Å². The summed E-state index contributed by atoms with van der Waals surface area (Å²) in [7, 11) is 3.79. The van der Waals surface area contributed by atoms with E-state index >= 15 is 0 Å². The molecule has 2 saturated carbocycles. The van der Waals surface area contributed by atoms with Crippen molar-refractivity contribution < 1.29 is 17.1 Å². The summed E-state index contributed by atoms with van der Waals surface area (Å²) >= 11 is 0. The van der Waals surface area contributed by atoms with E-state index in [0.29, 0.717) is 6.04 Å². The fraction of sp³-hybridized carbons (Fsp3) is 0.421. The van der Waals surface area contributed by atoms with Crippen molar-refractivity contribution >= 4 is 37.1 Å². The van der Waals surface area contributed by atoms with Crippen LogP contribution < -0.4 is 21.2 Å². The minimum absolute atomic E-state index is 0. The molecule has 1 unspecified atom stereocenters. The molecule has 0 aliphatic heterocycles. The van der Waals surface area contributed by atoms with Gasteiger partial charge >= 0.3 is 0 Å². The second-order valence-electron chi connectivity index (χ2n) is 12.1. The molecule has 6 rings (SSSR count). The Morgan fingerprint density at radius 2 is 1.10 bits per heavy atom. The molecule has 2 fully saturated rings. The summed E-state index contributed by atoms with van der Waals surface area (Å²) in [5, 5.41) is 6.49. The van der Waals surface area contributed by atoms with Crippen molar-refractivity contribution in [2.75, 3.05) is 14.1 Å². The fourth-order valence-electron chi connectivity index (χ4n) is 6.84. The SMILES string of the molecule is CC([c-]1ccc(P(c2ccccc2)c2ccccc2)c1P(C1CCCCC1)C1CCCCC1)N(C)C.[Fe].[cH-]1[cH-][cH-][cH-][cH-]1. The molecule has 0 radical (unpaired) electrons. The molecule has 2 aliphatic carbocycles. The predicted octanol–water partition coefficient (Wildman–Crippen LogP) is 8.96. The van der Waals surface area contributed by atoms with E-state index in [4.69, 9.17) is 0 Å². The van der Waals surface area contributed by atoms with Crippen molar-refractivity contribution in [2.24, 2.45) is 0 Å². The first-order valence-corrected chi connectivity index (χ1v) is 18.8. The molecule has 0 amide bonds. The maximum Gasteiger partial charge on any atom is 0 e. The van der Waals surface area contributed by atoms with Gasteiger partial charge in [0.2, 0.25) is 0 Å². The topological polar surface area (TPSA) is 3.24 Å². The first-order valence-electron chi connectivity index (χ1n) is 16.0. The largest absolute Gasteiger partial charge is 0.748 e. The first-order chi connectivity index (χ1) is 20.1. The normalized spacial score (nSPS) is 17.1. The van der Waals surface area contributed by atoms with Gasteiger partial charge in [-0.25, -0.2) is 6.07 Å². The predicted molar refractivity (Wildman–Crippen MR) is 185 cm³/mol. The van der Waals surface area contributed by atoms with Crippen LogP contribution in [0.1, 0.15) is 82.7 Å². The Bertz CT molecular complexity index is 1180. The third-order valence-corrected chi connectivity index (χ3v) is 15.5. The Balaban J connectivity index is 0.000000612. The summed E-state index contributed by atoms with van der Waals surface area (Å²) in [4.78, 5) is 2.44. The van der Waals surface area contributed by atoms with Gasteiger partial charge in [-0.15, -0.1) is 10.9 Å². The second kappa shape index (κ2) is 17.1. The molecule has 2 aliphatic rings. The molecule has 230 valence electrons. The Kier molecular flexibility index (Phi) is 13.6. The fourth-order valence-corrected chi connectivity index (χ4v) is 13.9. The standard InChI is InChI=1S/C33H44NP2.C5H5.Fe/c1-26(34(2)3)31-24-25-32(35(27-16-8-4-9-17-27)28-18-10-5-11-19-28)33(31)36(29-20-12-6-13-21-29)30-22-14-7-15-23-30;1-2-4-5-3-1;/h4-5,8-11,16-19,24-26,29-30H,6-7,12-15,20-23H2,1-3H3;1-5H;/q-1;-5;. The van der Waals surface area contributed by atoms with Crippen LogP contribution >= 0.6 is 15.8 Å². The molecule has 0 heterocycles. The summed E-state index contributed by atoms with van der Waals surface area (Å²) in [5.74, 6) is 0. The van der Waals surface area contributed by atoms with Gasteiger partial charge in [-0.2, -0.15) is 11.4 Å². The summed E-state index contributed by atoms with van der Waals surface area (Å²) in [6.45, 7) is 2.44. The zero-order valence-corrected chi connectivity index (χ0v) is 28.7. The van der Waals surface area contributed by atoms with E-state index < -0.39 is 7.92 Å².